The number of nitrogens with zero attached hydrogens (tertiary/aromatic N) is 1. The highest BCUT2D eigenvalue weighted by Gasteiger charge is 2.14. The molecule has 18 heavy (non-hydrogen) atoms. The monoisotopic (exact) mass is 289 g/mol. The molecular weight excluding hydrogens is 277 g/mol. The van der Waals surface area contributed by atoms with E-state index in [-0.39, 0.29) is 24.8 Å². The van der Waals surface area contributed by atoms with Gasteiger partial charge in [-0.25, -0.2) is 0 Å². The quantitative estimate of drug-likeness (QED) is 0.801. The average Bonchev–Trinajstić information content (AvgIpc) is 2.37. The SMILES string of the molecule is COC(=O)CCN(C)C(=O)c1ccc(Cl)c(Cl)c1. The predicted molar refractivity (Wildman–Crippen MR) is 70.1 cm³/mol. The minimum Gasteiger partial charge on any atom is -0.469 e. The van der Waals surface area contributed by atoms with Crippen LogP contribution in [0.1, 0.15) is 16.8 Å². The van der Waals surface area contributed by atoms with E-state index in [0.29, 0.717) is 15.6 Å². The summed E-state index contributed by atoms with van der Waals surface area (Å²) in [5.41, 5.74) is 0.428. The Morgan fingerprint density at radius 2 is 1.94 bits per heavy atom. The van der Waals surface area contributed by atoms with Gasteiger partial charge in [0.25, 0.3) is 5.91 Å². The molecule has 0 saturated heterocycles. The Kier molecular flexibility index (Phi) is 5.44. The highest BCUT2D eigenvalue weighted by molar-refractivity contribution is 6.42. The fourth-order valence-corrected chi connectivity index (χ4v) is 1.61. The number of esters is 1. The summed E-state index contributed by atoms with van der Waals surface area (Å²) in [7, 11) is 2.91. The topological polar surface area (TPSA) is 46.6 Å². The van der Waals surface area contributed by atoms with Crippen LogP contribution in [0.25, 0.3) is 0 Å². The van der Waals surface area contributed by atoms with Crippen LogP contribution in [0, 0.1) is 0 Å². The third kappa shape index (κ3) is 3.89. The molecule has 1 aromatic rings. The van der Waals surface area contributed by atoms with E-state index in [1.54, 1.807) is 19.2 Å². The van der Waals surface area contributed by atoms with Crippen molar-refractivity contribution >= 4 is 35.1 Å². The number of hydrogen-bond donors (Lipinski definition) is 0. The van der Waals surface area contributed by atoms with Gasteiger partial charge in [0.1, 0.15) is 0 Å². The van der Waals surface area contributed by atoms with Crippen molar-refractivity contribution in [3.63, 3.8) is 0 Å². The predicted octanol–water partition coefficient (Wildman–Crippen LogP) is 2.63. The van der Waals surface area contributed by atoms with Crippen LogP contribution in [0.5, 0.6) is 0 Å². The highest BCUT2D eigenvalue weighted by atomic mass is 35.5. The van der Waals surface area contributed by atoms with Crippen LogP contribution in [-0.2, 0) is 9.53 Å². The molecule has 0 spiro atoms. The molecule has 0 fully saturated rings. The number of amides is 1. The smallest absolute Gasteiger partial charge is 0.307 e. The number of halogens is 2. The van der Waals surface area contributed by atoms with E-state index in [1.165, 1.54) is 18.1 Å². The second kappa shape index (κ2) is 6.61. The Bertz CT molecular complexity index is 463. The van der Waals surface area contributed by atoms with Crippen molar-refractivity contribution in [1.29, 1.82) is 0 Å². The number of ether oxygens (including phenoxy) is 1. The molecule has 4 nitrogen and oxygen atoms in total. The van der Waals surface area contributed by atoms with E-state index in [9.17, 15) is 9.59 Å². The molecule has 6 heteroatoms. The Morgan fingerprint density at radius 1 is 1.28 bits per heavy atom. The lowest BCUT2D eigenvalue weighted by Gasteiger charge is -2.16. The number of benzene rings is 1. The lowest BCUT2D eigenvalue weighted by Crippen LogP contribution is -2.29. The van der Waals surface area contributed by atoms with Crippen LogP contribution in [0.3, 0.4) is 0 Å². The number of methoxy groups -OCH3 is 1. The van der Waals surface area contributed by atoms with Crippen molar-refractivity contribution in [3.8, 4) is 0 Å². The molecule has 98 valence electrons. The summed E-state index contributed by atoms with van der Waals surface area (Å²) in [6.07, 6.45) is 0.153. The van der Waals surface area contributed by atoms with Gasteiger partial charge in [0, 0.05) is 19.2 Å². The molecule has 0 saturated carbocycles. The number of carbonyl (C=O) groups excluding carboxylic acids is 2. The summed E-state index contributed by atoms with van der Waals surface area (Å²) in [4.78, 5) is 24.4. The first-order valence-corrected chi connectivity index (χ1v) is 5.98. The van der Waals surface area contributed by atoms with Gasteiger partial charge in [-0.15, -0.1) is 0 Å². The van der Waals surface area contributed by atoms with Crippen LogP contribution in [0.15, 0.2) is 18.2 Å². The minimum absolute atomic E-state index is 0.153. The lowest BCUT2D eigenvalue weighted by molar-refractivity contribution is -0.140. The van der Waals surface area contributed by atoms with E-state index in [0.717, 1.165) is 0 Å². The molecule has 0 radical (unpaired) electrons. The van der Waals surface area contributed by atoms with Crippen LogP contribution >= 0.6 is 23.2 Å². The summed E-state index contributed by atoms with van der Waals surface area (Å²) < 4.78 is 4.51. The zero-order valence-corrected chi connectivity index (χ0v) is 11.6. The van der Waals surface area contributed by atoms with E-state index >= 15 is 0 Å². The fourth-order valence-electron chi connectivity index (χ4n) is 1.31. The molecule has 0 aliphatic heterocycles. The van der Waals surface area contributed by atoms with Gasteiger partial charge in [-0.1, -0.05) is 23.2 Å². The first kappa shape index (κ1) is 14.8. The Morgan fingerprint density at radius 3 is 2.50 bits per heavy atom. The van der Waals surface area contributed by atoms with Gasteiger partial charge in [0.2, 0.25) is 0 Å². The van der Waals surface area contributed by atoms with Gasteiger partial charge < -0.3 is 9.64 Å². The summed E-state index contributed by atoms with van der Waals surface area (Å²) in [5.74, 6) is -0.582. The van der Waals surface area contributed by atoms with E-state index in [2.05, 4.69) is 4.74 Å². The first-order chi connectivity index (χ1) is 8.45. The molecule has 1 aromatic carbocycles. The van der Waals surface area contributed by atoms with Crippen LogP contribution < -0.4 is 0 Å². The van der Waals surface area contributed by atoms with Crippen molar-refractivity contribution in [3.05, 3.63) is 33.8 Å². The normalized spacial score (nSPS) is 10.0. The average molecular weight is 290 g/mol. The van der Waals surface area contributed by atoms with Crippen molar-refractivity contribution in [2.45, 2.75) is 6.42 Å². The molecule has 0 N–H and O–H groups in total. The molecule has 0 aliphatic carbocycles. The highest BCUT2D eigenvalue weighted by Crippen LogP contribution is 2.23. The van der Waals surface area contributed by atoms with Gasteiger partial charge in [0.05, 0.1) is 23.6 Å². The summed E-state index contributed by atoms with van der Waals surface area (Å²) in [6.45, 7) is 0.283. The maximum absolute atomic E-state index is 12.0. The van der Waals surface area contributed by atoms with Crippen LogP contribution in [0.4, 0.5) is 0 Å². The second-order valence-electron chi connectivity index (χ2n) is 3.68. The fraction of sp³-hybridized carbons (Fsp3) is 0.333. The van der Waals surface area contributed by atoms with Gasteiger partial charge in [-0.3, -0.25) is 9.59 Å². The van der Waals surface area contributed by atoms with Gasteiger partial charge in [0.15, 0.2) is 0 Å². The van der Waals surface area contributed by atoms with Gasteiger partial charge in [-0.05, 0) is 18.2 Å². The van der Waals surface area contributed by atoms with E-state index in [1.807, 2.05) is 0 Å². The molecule has 0 heterocycles. The minimum atomic E-state index is -0.358. The van der Waals surface area contributed by atoms with Crippen molar-refractivity contribution in [2.75, 3.05) is 20.7 Å². The van der Waals surface area contributed by atoms with Crippen LogP contribution in [-0.4, -0.2) is 37.5 Å². The largest absolute Gasteiger partial charge is 0.469 e. The Labute approximate surface area is 115 Å². The Balaban J connectivity index is 2.68. The van der Waals surface area contributed by atoms with Crippen molar-refractivity contribution in [1.82, 2.24) is 4.90 Å². The lowest BCUT2D eigenvalue weighted by atomic mass is 10.2. The van der Waals surface area contributed by atoms with Gasteiger partial charge in [-0.2, -0.15) is 0 Å². The summed E-state index contributed by atoms with van der Waals surface area (Å²) in [6, 6.07) is 4.65. The van der Waals surface area contributed by atoms with Crippen molar-refractivity contribution < 1.29 is 14.3 Å². The number of carbonyl (C=O) groups is 2. The molecular formula is C12H13Cl2NO3. The second-order valence-corrected chi connectivity index (χ2v) is 4.50. The summed E-state index contributed by atoms with van der Waals surface area (Å²) >= 11 is 11.6. The summed E-state index contributed by atoms with van der Waals surface area (Å²) in [5, 5.41) is 0.717. The molecule has 1 rings (SSSR count). The zero-order valence-electron chi connectivity index (χ0n) is 10.1. The maximum atomic E-state index is 12.0. The standard InChI is InChI=1S/C12H13Cl2NO3/c1-15(6-5-11(16)18-2)12(17)8-3-4-9(13)10(14)7-8/h3-4,7H,5-6H2,1-2H3. The zero-order chi connectivity index (χ0) is 13.7. The molecule has 0 bridgehead atoms. The Hall–Kier alpha value is -1.26. The molecule has 0 aromatic heterocycles. The number of hydrogen-bond acceptors (Lipinski definition) is 3. The van der Waals surface area contributed by atoms with Crippen LogP contribution in [0.2, 0.25) is 10.0 Å². The number of rotatable bonds is 4. The maximum Gasteiger partial charge on any atom is 0.307 e. The molecule has 1 amide bonds. The van der Waals surface area contributed by atoms with E-state index < -0.39 is 0 Å². The molecule has 0 unspecified atom stereocenters. The van der Waals surface area contributed by atoms with Gasteiger partial charge >= 0.3 is 5.97 Å². The molecule has 0 atom stereocenters. The third-order valence-electron chi connectivity index (χ3n) is 2.39. The van der Waals surface area contributed by atoms with E-state index in [4.69, 9.17) is 23.2 Å². The third-order valence-corrected chi connectivity index (χ3v) is 3.13. The van der Waals surface area contributed by atoms with Crippen molar-refractivity contribution in [2.24, 2.45) is 0 Å². The molecule has 0 aliphatic rings. The first-order valence-electron chi connectivity index (χ1n) is 5.23.